The van der Waals surface area contributed by atoms with Crippen molar-refractivity contribution in [2.75, 3.05) is 40.0 Å². The summed E-state index contributed by atoms with van der Waals surface area (Å²) < 4.78 is 15.6. The second kappa shape index (κ2) is 11.0. The van der Waals surface area contributed by atoms with E-state index in [-0.39, 0.29) is 13.1 Å². The third-order valence-electron chi connectivity index (χ3n) is 2.74. The molecule has 12 nitrogen and oxygen atoms in total. The SMILES string of the molecule is CC(CNC(=O)N(CO)CO)(CNC(=O)N(CO)CO)OP=O. The fourth-order valence-corrected chi connectivity index (χ4v) is 1.62. The molecule has 0 aliphatic carbocycles. The van der Waals surface area contributed by atoms with Gasteiger partial charge >= 0.3 is 20.7 Å². The number of rotatable bonds is 10. The monoisotopic (exact) mass is 356 g/mol. The highest BCUT2D eigenvalue weighted by Crippen LogP contribution is 2.15. The molecule has 0 radical (unpaired) electrons. The fraction of sp³-hybridized carbons (Fsp3) is 0.800. The van der Waals surface area contributed by atoms with Crippen molar-refractivity contribution in [2.24, 2.45) is 0 Å². The molecule has 0 aliphatic heterocycles. The first-order chi connectivity index (χ1) is 10.9. The smallest absolute Gasteiger partial charge is 0.328 e. The van der Waals surface area contributed by atoms with Crippen LogP contribution in [-0.2, 0) is 9.09 Å². The molecule has 23 heavy (non-hydrogen) atoms. The van der Waals surface area contributed by atoms with Crippen LogP contribution in [0.25, 0.3) is 0 Å². The van der Waals surface area contributed by atoms with E-state index in [1.807, 2.05) is 0 Å². The van der Waals surface area contributed by atoms with Gasteiger partial charge in [0.2, 0.25) is 0 Å². The number of aliphatic hydroxyl groups excluding tert-OH is 4. The molecule has 6 N–H and O–H groups in total. The van der Waals surface area contributed by atoms with Crippen LogP contribution in [0.1, 0.15) is 6.92 Å². The number of aliphatic hydroxyl groups is 4. The van der Waals surface area contributed by atoms with Crippen LogP contribution >= 0.6 is 8.69 Å². The summed E-state index contributed by atoms with van der Waals surface area (Å²) in [5.74, 6) is 0. The summed E-state index contributed by atoms with van der Waals surface area (Å²) in [6.45, 7) is -1.83. The number of carbonyl (C=O) groups is 2. The quantitative estimate of drug-likeness (QED) is 0.189. The van der Waals surface area contributed by atoms with Gasteiger partial charge in [0.05, 0.1) is 13.1 Å². The van der Waals surface area contributed by atoms with E-state index in [0.29, 0.717) is 9.80 Å². The van der Waals surface area contributed by atoms with Crippen LogP contribution in [0.5, 0.6) is 0 Å². The first kappa shape index (κ1) is 21.4. The molecule has 0 spiro atoms. The maximum atomic E-state index is 11.6. The average molecular weight is 356 g/mol. The van der Waals surface area contributed by atoms with Gasteiger partial charge in [0.1, 0.15) is 32.5 Å². The number of urea groups is 2. The number of amides is 4. The second-order valence-electron chi connectivity index (χ2n) is 4.58. The highest BCUT2D eigenvalue weighted by atomic mass is 31.1. The number of hydrogen-bond acceptors (Lipinski definition) is 8. The van der Waals surface area contributed by atoms with Gasteiger partial charge in [0.25, 0.3) is 0 Å². The Labute approximate surface area is 133 Å². The predicted molar refractivity (Wildman–Crippen MR) is 75.9 cm³/mol. The third kappa shape index (κ3) is 7.50. The largest absolute Gasteiger partial charge is 0.376 e. The molecule has 0 fully saturated rings. The summed E-state index contributed by atoms with van der Waals surface area (Å²) in [4.78, 5) is 24.5. The molecule has 0 saturated heterocycles. The number of nitrogens with zero attached hydrogens (tertiary/aromatic N) is 2. The summed E-state index contributed by atoms with van der Waals surface area (Å²) in [6.07, 6.45) is 0. The van der Waals surface area contributed by atoms with Crippen molar-refractivity contribution in [2.45, 2.75) is 12.5 Å². The molecule has 0 aromatic rings. The molecule has 0 unspecified atom stereocenters. The van der Waals surface area contributed by atoms with Gasteiger partial charge in [-0.25, -0.2) is 14.2 Å². The molecule has 0 aliphatic rings. The van der Waals surface area contributed by atoms with Gasteiger partial charge in [-0.1, -0.05) is 0 Å². The van der Waals surface area contributed by atoms with E-state index < -0.39 is 53.3 Å². The Morgan fingerprint density at radius 3 is 1.57 bits per heavy atom. The number of nitrogens with one attached hydrogen (secondary N) is 2. The minimum absolute atomic E-state index is 0.212. The van der Waals surface area contributed by atoms with Crippen LogP contribution in [0, 0.1) is 0 Å². The molecule has 0 rings (SSSR count). The molecule has 0 atom stereocenters. The second-order valence-corrected chi connectivity index (χ2v) is 4.91. The maximum Gasteiger partial charge on any atom is 0.328 e. The predicted octanol–water partition coefficient (Wildman–Crippen LogP) is -2.21. The zero-order valence-corrected chi connectivity index (χ0v) is 13.4. The molecule has 0 bridgehead atoms. The van der Waals surface area contributed by atoms with Crippen molar-refractivity contribution in [1.29, 1.82) is 0 Å². The first-order valence-corrected chi connectivity index (χ1v) is 7.10. The zero-order valence-electron chi connectivity index (χ0n) is 12.5. The average Bonchev–Trinajstić information content (AvgIpc) is 2.54. The van der Waals surface area contributed by atoms with Gasteiger partial charge in [-0.15, -0.1) is 0 Å². The molecular weight excluding hydrogens is 335 g/mol. The van der Waals surface area contributed by atoms with Gasteiger partial charge in [-0.05, 0) is 6.92 Å². The molecule has 0 aromatic carbocycles. The van der Waals surface area contributed by atoms with Gasteiger partial charge < -0.3 is 31.1 Å². The summed E-state index contributed by atoms with van der Waals surface area (Å²) >= 11 is 0. The lowest BCUT2D eigenvalue weighted by atomic mass is 10.1. The molecule has 4 amide bonds. The van der Waals surface area contributed by atoms with E-state index in [0.717, 1.165) is 0 Å². The van der Waals surface area contributed by atoms with Crippen molar-refractivity contribution < 1.29 is 39.1 Å². The highest BCUT2D eigenvalue weighted by molar-refractivity contribution is 7.17. The van der Waals surface area contributed by atoms with Crippen LogP contribution in [0.2, 0.25) is 0 Å². The summed E-state index contributed by atoms with van der Waals surface area (Å²) in [5.41, 5.74) is -1.29. The normalized spacial score (nSPS) is 11.2. The van der Waals surface area contributed by atoms with Gasteiger partial charge in [0.15, 0.2) is 0 Å². The molecule has 0 heterocycles. The fourth-order valence-electron chi connectivity index (χ4n) is 1.31. The standard InChI is InChI=1S/C10H21N4O8P/c1-10(22-23-21,2-11-8(19)13(4-15)5-16)3-12-9(20)14(6-17)7-18/h15-18H,2-7H2,1H3,(H,11,19)(H,12,20). The van der Waals surface area contributed by atoms with E-state index in [4.69, 9.17) is 24.9 Å². The van der Waals surface area contributed by atoms with Gasteiger partial charge in [0, 0.05) is 0 Å². The molecule has 0 aromatic heterocycles. The Bertz CT molecular complexity index is 363. The Balaban J connectivity index is 4.64. The van der Waals surface area contributed by atoms with Gasteiger partial charge in [-0.2, -0.15) is 0 Å². The summed E-state index contributed by atoms with van der Waals surface area (Å²) in [6, 6.07) is -1.60. The van der Waals surface area contributed by atoms with Gasteiger partial charge in [-0.3, -0.25) is 14.3 Å². The summed E-state index contributed by atoms with van der Waals surface area (Å²) in [5, 5.41) is 40.0. The van der Waals surface area contributed by atoms with Crippen LogP contribution in [0.4, 0.5) is 9.59 Å². The Hall–Kier alpha value is -1.56. The Kier molecular flexibility index (Phi) is 10.3. The lowest BCUT2D eigenvalue weighted by Crippen LogP contribution is -2.53. The van der Waals surface area contributed by atoms with Crippen LogP contribution < -0.4 is 10.6 Å². The molecule has 134 valence electrons. The van der Waals surface area contributed by atoms with Crippen LogP contribution in [-0.4, -0.2) is 87.9 Å². The number of carbonyl (C=O) groups excluding carboxylic acids is 2. The zero-order chi connectivity index (χ0) is 17.9. The molecular formula is C10H21N4O8P. The topological polar surface area (TPSA) is 172 Å². The van der Waals surface area contributed by atoms with Crippen molar-refractivity contribution in [1.82, 2.24) is 20.4 Å². The first-order valence-electron chi connectivity index (χ1n) is 6.37. The lowest BCUT2D eigenvalue weighted by Gasteiger charge is -2.29. The van der Waals surface area contributed by atoms with Crippen LogP contribution in [0.3, 0.4) is 0 Å². The van der Waals surface area contributed by atoms with Crippen molar-refractivity contribution in [3.8, 4) is 0 Å². The van der Waals surface area contributed by atoms with E-state index >= 15 is 0 Å². The molecule has 0 saturated carbocycles. The van der Waals surface area contributed by atoms with E-state index in [1.165, 1.54) is 6.92 Å². The minimum atomic E-state index is -1.29. The minimum Gasteiger partial charge on any atom is -0.376 e. The number of hydrogen-bond donors (Lipinski definition) is 6. The van der Waals surface area contributed by atoms with E-state index in [9.17, 15) is 14.2 Å². The van der Waals surface area contributed by atoms with E-state index in [2.05, 4.69) is 10.6 Å². The van der Waals surface area contributed by atoms with Crippen molar-refractivity contribution in [3.63, 3.8) is 0 Å². The van der Waals surface area contributed by atoms with Crippen molar-refractivity contribution in [3.05, 3.63) is 0 Å². The lowest BCUT2D eigenvalue weighted by molar-refractivity contribution is 0.0469. The highest BCUT2D eigenvalue weighted by Gasteiger charge is 2.29. The summed E-state index contributed by atoms with van der Waals surface area (Å²) in [7, 11) is -0.698. The Morgan fingerprint density at radius 2 is 1.30 bits per heavy atom. The molecule has 13 heteroatoms. The van der Waals surface area contributed by atoms with E-state index in [1.54, 1.807) is 0 Å². The Morgan fingerprint density at radius 1 is 0.957 bits per heavy atom. The third-order valence-corrected chi connectivity index (χ3v) is 3.26. The maximum absolute atomic E-state index is 11.6. The van der Waals surface area contributed by atoms with Crippen LogP contribution in [0.15, 0.2) is 0 Å². The van der Waals surface area contributed by atoms with Crippen molar-refractivity contribution >= 4 is 20.7 Å².